The molecule has 4 rings (SSSR count). The Morgan fingerprint density at radius 1 is 1.05 bits per heavy atom. The maximum atomic E-state index is 12.5. The van der Waals surface area contributed by atoms with E-state index in [0.717, 1.165) is 36.0 Å². The molecule has 0 bridgehead atoms. The van der Waals surface area contributed by atoms with E-state index in [2.05, 4.69) is 5.32 Å². The average Bonchev–Trinajstić information content (AvgIpc) is 2.96. The van der Waals surface area contributed by atoms with E-state index in [9.17, 15) is 4.79 Å². The molecule has 21 heavy (non-hydrogen) atoms. The molecule has 3 nitrogen and oxygen atoms in total. The van der Waals surface area contributed by atoms with Crippen molar-refractivity contribution in [3.63, 3.8) is 0 Å². The number of carbonyl (C=O) groups is 1. The highest BCUT2D eigenvalue weighted by Crippen LogP contribution is 2.54. The van der Waals surface area contributed by atoms with E-state index < -0.39 is 0 Å². The second-order valence-corrected chi connectivity index (χ2v) is 6.29. The number of rotatable bonds is 4. The minimum atomic E-state index is -0.189. The summed E-state index contributed by atoms with van der Waals surface area (Å²) >= 11 is 0. The van der Waals surface area contributed by atoms with E-state index >= 15 is 0 Å². The molecule has 0 saturated heterocycles. The Morgan fingerprint density at radius 2 is 1.81 bits per heavy atom. The summed E-state index contributed by atoms with van der Waals surface area (Å²) in [4.78, 5) is 12.5. The quantitative estimate of drug-likeness (QED) is 0.931. The molecular weight excluding hydrogens is 262 g/mol. The first-order valence-electron chi connectivity index (χ1n) is 7.70. The smallest absolute Gasteiger partial charge is 0.223 e. The lowest BCUT2D eigenvalue weighted by Crippen LogP contribution is -2.34. The largest absolute Gasteiger partial charge is 0.467 e. The van der Waals surface area contributed by atoms with Gasteiger partial charge in [0.2, 0.25) is 5.91 Å². The van der Waals surface area contributed by atoms with Crippen molar-refractivity contribution in [1.29, 1.82) is 0 Å². The topological polar surface area (TPSA) is 42.2 Å². The van der Waals surface area contributed by atoms with Crippen molar-refractivity contribution >= 4 is 5.91 Å². The zero-order chi connectivity index (χ0) is 14.2. The predicted molar refractivity (Wildman–Crippen MR) is 79.5 cm³/mol. The number of furan rings is 1. The van der Waals surface area contributed by atoms with E-state index in [-0.39, 0.29) is 17.9 Å². The van der Waals surface area contributed by atoms with Gasteiger partial charge in [0.05, 0.1) is 6.26 Å². The lowest BCUT2D eigenvalue weighted by atomic mass is 9.99. The summed E-state index contributed by atoms with van der Waals surface area (Å²) in [6.45, 7) is 0. The summed E-state index contributed by atoms with van der Waals surface area (Å²) in [5, 5.41) is 3.19. The average molecular weight is 281 g/mol. The first-order valence-corrected chi connectivity index (χ1v) is 7.70. The van der Waals surface area contributed by atoms with Crippen LogP contribution in [0, 0.1) is 17.8 Å². The minimum Gasteiger partial charge on any atom is -0.467 e. The van der Waals surface area contributed by atoms with Gasteiger partial charge in [0.25, 0.3) is 0 Å². The summed E-state index contributed by atoms with van der Waals surface area (Å²) in [5.74, 6) is 2.79. The number of nitrogens with one attached hydrogen (secondary N) is 1. The monoisotopic (exact) mass is 281 g/mol. The maximum absolute atomic E-state index is 12.5. The van der Waals surface area contributed by atoms with Gasteiger partial charge in [0, 0.05) is 5.92 Å². The van der Waals surface area contributed by atoms with Crippen LogP contribution in [0.3, 0.4) is 0 Å². The molecule has 3 heteroatoms. The first kappa shape index (κ1) is 12.7. The Kier molecular flexibility index (Phi) is 3.06. The standard InChI is InChI=1S/C18H19NO2/c20-18(15-10-13-9-14(13)11-15)19-17(16-7-4-8-21-16)12-5-2-1-3-6-12/h1-8,13-15,17H,9-11H2,(H,19,20). The van der Waals surface area contributed by atoms with Crippen molar-refractivity contribution in [1.82, 2.24) is 5.32 Å². The van der Waals surface area contributed by atoms with Crippen molar-refractivity contribution in [2.24, 2.45) is 17.8 Å². The number of hydrogen-bond acceptors (Lipinski definition) is 2. The van der Waals surface area contributed by atoms with Crippen molar-refractivity contribution in [3.05, 3.63) is 60.1 Å². The van der Waals surface area contributed by atoms with Gasteiger partial charge in [-0.25, -0.2) is 0 Å². The van der Waals surface area contributed by atoms with Gasteiger partial charge in [-0.2, -0.15) is 0 Å². The van der Waals surface area contributed by atoms with Gasteiger partial charge in [0.15, 0.2) is 0 Å². The van der Waals surface area contributed by atoms with Gasteiger partial charge in [-0.15, -0.1) is 0 Å². The SMILES string of the molecule is O=C(NC(c1ccccc1)c1ccco1)C1CC2CC2C1. The van der Waals surface area contributed by atoms with Gasteiger partial charge in [0.1, 0.15) is 11.8 Å². The lowest BCUT2D eigenvalue weighted by Gasteiger charge is -2.20. The highest BCUT2D eigenvalue weighted by Gasteiger charge is 2.48. The van der Waals surface area contributed by atoms with E-state index in [1.165, 1.54) is 6.42 Å². The lowest BCUT2D eigenvalue weighted by molar-refractivity contribution is -0.125. The van der Waals surface area contributed by atoms with Crippen LogP contribution in [0.4, 0.5) is 0 Å². The number of carbonyl (C=O) groups excluding carboxylic acids is 1. The fraction of sp³-hybridized carbons (Fsp3) is 0.389. The zero-order valence-electron chi connectivity index (χ0n) is 11.9. The molecule has 2 aliphatic rings. The Morgan fingerprint density at radius 3 is 2.48 bits per heavy atom. The van der Waals surface area contributed by atoms with Crippen molar-refractivity contribution in [2.75, 3.05) is 0 Å². The Balaban J connectivity index is 1.54. The number of benzene rings is 1. The van der Waals surface area contributed by atoms with Crippen molar-refractivity contribution < 1.29 is 9.21 Å². The van der Waals surface area contributed by atoms with Crippen molar-refractivity contribution in [2.45, 2.75) is 25.3 Å². The Labute approximate surface area is 124 Å². The molecule has 1 aromatic carbocycles. The zero-order valence-corrected chi connectivity index (χ0v) is 11.9. The van der Waals surface area contributed by atoms with Gasteiger partial charge in [-0.1, -0.05) is 30.3 Å². The second-order valence-electron chi connectivity index (χ2n) is 6.29. The van der Waals surface area contributed by atoms with E-state index in [0.29, 0.717) is 0 Å². The normalized spacial score (nSPS) is 27.9. The van der Waals surface area contributed by atoms with Crippen molar-refractivity contribution in [3.8, 4) is 0 Å². The van der Waals surface area contributed by atoms with Crippen LogP contribution in [0.2, 0.25) is 0 Å². The molecule has 1 N–H and O–H groups in total. The molecule has 1 heterocycles. The van der Waals surface area contributed by atoms with Crippen LogP contribution >= 0.6 is 0 Å². The number of hydrogen-bond donors (Lipinski definition) is 1. The number of amides is 1. The van der Waals surface area contributed by atoms with Crippen LogP contribution in [-0.4, -0.2) is 5.91 Å². The van der Waals surface area contributed by atoms with Crippen LogP contribution in [0.25, 0.3) is 0 Å². The fourth-order valence-corrected chi connectivity index (χ4v) is 3.61. The van der Waals surface area contributed by atoms with Gasteiger partial charge >= 0.3 is 0 Å². The molecule has 0 spiro atoms. The van der Waals surface area contributed by atoms with Crippen LogP contribution in [-0.2, 0) is 4.79 Å². The van der Waals surface area contributed by atoms with E-state index in [4.69, 9.17) is 4.42 Å². The Bertz CT molecular complexity index is 610. The molecule has 1 aromatic heterocycles. The summed E-state index contributed by atoms with van der Waals surface area (Å²) in [5.41, 5.74) is 1.06. The molecular formula is C18H19NO2. The highest BCUT2D eigenvalue weighted by atomic mass is 16.3. The van der Waals surface area contributed by atoms with Crippen LogP contribution in [0.5, 0.6) is 0 Å². The molecule has 3 unspecified atom stereocenters. The van der Waals surface area contributed by atoms with Crippen LogP contribution < -0.4 is 5.32 Å². The third-order valence-corrected chi connectivity index (χ3v) is 4.86. The fourth-order valence-electron chi connectivity index (χ4n) is 3.61. The minimum absolute atomic E-state index is 0.174. The van der Waals surface area contributed by atoms with Gasteiger partial charge < -0.3 is 9.73 Å². The summed E-state index contributed by atoms with van der Waals surface area (Å²) < 4.78 is 5.53. The summed E-state index contributed by atoms with van der Waals surface area (Å²) in [7, 11) is 0. The summed E-state index contributed by atoms with van der Waals surface area (Å²) in [6, 6.07) is 13.6. The molecule has 2 aliphatic carbocycles. The summed E-state index contributed by atoms with van der Waals surface area (Å²) in [6.07, 6.45) is 5.12. The molecule has 108 valence electrons. The van der Waals surface area contributed by atoms with Gasteiger partial charge in [-0.3, -0.25) is 4.79 Å². The molecule has 3 atom stereocenters. The van der Waals surface area contributed by atoms with Crippen LogP contribution in [0.15, 0.2) is 53.1 Å². The molecule has 2 saturated carbocycles. The maximum Gasteiger partial charge on any atom is 0.223 e. The predicted octanol–water partition coefficient (Wildman–Crippen LogP) is 3.53. The second kappa shape index (κ2) is 5.06. The third-order valence-electron chi connectivity index (χ3n) is 4.86. The van der Waals surface area contributed by atoms with E-state index in [1.54, 1.807) is 6.26 Å². The molecule has 0 radical (unpaired) electrons. The number of fused-ring (bicyclic) bond motifs is 1. The van der Waals surface area contributed by atoms with Gasteiger partial charge in [-0.05, 0) is 48.8 Å². The molecule has 2 fully saturated rings. The molecule has 1 amide bonds. The molecule has 0 aliphatic heterocycles. The highest BCUT2D eigenvalue weighted by molar-refractivity contribution is 5.80. The van der Waals surface area contributed by atoms with E-state index in [1.807, 2.05) is 42.5 Å². The first-order chi connectivity index (χ1) is 10.3. The van der Waals surface area contributed by atoms with Crippen LogP contribution in [0.1, 0.15) is 36.6 Å². The molecule has 2 aromatic rings. The third kappa shape index (κ3) is 2.48. The Hall–Kier alpha value is -2.03.